The molecular weight excluding hydrogens is 138 g/mol. The van der Waals surface area contributed by atoms with Crippen LogP contribution >= 0.6 is 17.9 Å². The van der Waals surface area contributed by atoms with Gasteiger partial charge in [-0.05, 0) is 0 Å². The Kier molecular flexibility index (Phi) is 37.4. The highest BCUT2D eigenvalue weighted by Gasteiger charge is 1.65. The van der Waals surface area contributed by atoms with Gasteiger partial charge in [0.15, 0.2) is 0 Å². The van der Waals surface area contributed by atoms with E-state index in [2.05, 4.69) is 17.9 Å². The van der Waals surface area contributed by atoms with Crippen LogP contribution in [0.15, 0.2) is 0 Å². The van der Waals surface area contributed by atoms with E-state index in [0.29, 0.717) is 0 Å². The van der Waals surface area contributed by atoms with Crippen LogP contribution in [-0.4, -0.2) is 10.3 Å². The molecule has 7 heteroatoms. The molecule has 0 heterocycles. The lowest BCUT2D eigenvalue weighted by atomic mass is 13.1. The summed E-state index contributed by atoms with van der Waals surface area (Å²) >= 11 is 0. The van der Waals surface area contributed by atoms with Crippen molar-refractivity contribution in [3.63, 3.8) is 0 Å². The van der Waals surface area contributed by atoms with E-state index >= 15 is 0 Å². The second-order valence-corrected chi connectivity index (χ2v) is 0.238. The van der Waals surface area contributed by atoms with E-state index in [9.17, 15) is 0 Å². The van der Waals surface area contributed by atoms with Crippen LogP contribution in [0, 0.1) is 10.1 Å². The average Bonchev–Trinajstić information content (AvgIpc) is 1.41. The van der Waals surface area contributed by atoms with Gasteiger partial charge in [0, 0.05) is 0 Å². The summed E-state index contributed by atoms with van der Waals surface area (Å²) in [7, 11) is 4.67. The monoisotopic (exact) mass is 146 g/mol. The smallest absolute Gasteiger partial charge is 0.291 e. The summed E-state index contributed by atoms with van der Waals surface area (Å²) in [6.07, 6.45) is 0. The van der Waals surface area contributed by atoms with Crippen molar-refractivity contribution in [3.05, 3.63) is 10.1 Å². The summed E-state index contributed by atoms with van der Waals surface area (Å²) < 4.78 is 0. The van der Waals surface area contributed by atoms with Crippen molar-refractivity contribution in [2.45, 2.75) is 0 Å². The summed E-state index contributed by atoms with van der Waals surface area (Å²) in [4.78, 5) is 8.36. The zero-order valence-corrected chi connectivity index (χ0v) is 5.88. The van der Waals surface area contributed by atoms with Crippen molar-refractivity contribution in [1.82, 2.24) is 6.15 Å². The third kappa shape index (κ3) is 243000. The molecule has 0 aromatic heterocycles. The molecule has 0 radical (unpaired) electrons. The Balaban J connectivity index is -0.0000000480. The molecule has 0 aliphatic carbocycles. The molecule has 0 saturated carbocycles. The van der Waals surface area contributed by atoms with Crippen LogP contribution in [0.4, 0.5) is 0 Å². The molecule has 0 fully saturated rings. The highest BCUT2D eigenvalue weighted by Crippen LogP contribution is 1.86. The molecule has 46 valence electrons. The van der Waals surface area contributed by atoms with Crippen molar-refractivity contribution in [1.29, 1.82) is 0 Å². The van der Waals surface area contributed by atoms with Crippen LogP contribution in [0.5, 0.6) is 0 Å². The summed E-state index contributed by atoms with van der Waals surface area (Å²) in [5.41, 5.74) is 0. The third-order valence-corrected chi connectivity index (χ3v) is 0. The molecule has 4 N–H and O–H groups in total. The zero-order chi connectivity index (χ0) is 5.58. The molecule has 0 rings (SSSR count). The topological polar surface area (TPSA) is 98.4 Å². The third-order valence-electron chi connectivity index (χ3n) is 0. The first-order valence-corrected chi connectivity index (χ1v) is 3.57. The Bertz CT molecular complexity index is 33.9. The Hall–Kier alpha value is 0.0200. The lowest BCUT2D eigenvalue weighted by Gasteiger charge is -1.56. The van der Waals surface area contributed by atoms with E-state index in [1.165, 1.54) is 0 Å². The standard InChI is InChI=1S/HNO3.H3N.H4P2/c2-1(3)4;;1-2/h(H,2,3,4);1H3;1-2H2. The van der Waals surface area contributed by atoms with Crippen LogP contribution in [-0.2, 0) is 0 Å². The fourth-order valence-electron chi connectivity index (χ4n) is 0. The maximum absolute atomic E-state index is 8.36. The van der Waals surface area contributed by atoms with Crippen LogP contribution in [0.25, 0.3) is 0 Å². The van der Waals surface area contributed by atoms with E-state index in [1.807, 2.05) is 0 Å². The molecule has 0 amide bonds. The van der Waals surface area contributed by atoms with Gasteiger partial charge in [-0.15, -0.1) is 28.0 Å². The van der Waals surface area contributed by atoms with Crippen molar-refractivity contribution in [2.24, 2.45) is 0 Å². The van der Waals surface area contributed by atoms with Gasteiger partial charge in [0.25, 0.3) is 5.09 Å². The minimum Gasteiger partial charge on any atom is -0.344 e. The lowest BCUT2D eigenvalue weighted by Crippen LogP contribution is -1.81. The molecule has 0 bridgehead atoms. The van der Waals surface area contributed by atoms with Crippen LogP contribution in [0.3, 0.4) is 0 Å². The van der Waals surface area contributed by atoms with E-state index < -0.39 is 5.09 Å². The Morgan fingerprint density at radius 2 is 1.57 bits per heavy atom. The molecule has 0 aromatic carbocycles. The normalized spacial score (nSPS) is 4.29. The summed E-state index contributed by atoms with van der Waals surface area (Å²) in [6, 6.07) is 0. The van der Waals surface area contributed by atoms with Gasteiger partial charge in [-0.3, -0.25) is 0 Å². The van der Waals surface area contributed by atoms with E-state index in [4.69, 9.17) is 15.3 Å². The highest BCUT2D eigenvalue weighted by molar-refractivity contribution is 7.92. The Labute approximate surface area is 45.5 Å². The van der Waals surface area contributed by atoms with Gasteiger partial charge in [-0.1, -0.05) is 0 Å². The van der Waals surface area contributed by atoms with E-state index in [1.54, 1.807) is 0 Å². The zero-order valence-electron chi connectivity index (χ0n) is 3.57. The molecule has 7 heavy (non-hydrogen) atoms. The fourth-order valence-corrected chi connectivity index (χ4v) is 0. The first-order valence-electron chi connectivity index (χ1n) is 0.898. The van der Waals surface area contributed by atoms with Gasteiger partial charge in [0.05, 0.1) is 0 Å². The van der Waals surface area contributed by atoms with Crippen molar-refractivity contribution >= 4 is 17.9 Å². The van der Waals surface area contributed by atoms with Crippen LogP contribution in [0.1, 0.15) is 0 Å². The van der Waals surface area contributed by atoms with Gasteiger partial charge < -0.3 is 11.4 Å². The molecular formula is H8N2O3P2. The van der Waals surface area contributed by atoms with Crippen LogP contribution in [0.2, 0.25) is 0 Å². The van der Waals surface area contributed by atoms with Crippen molar-refractivity contribution in [3.8, 4) is 0 Å². The quantitative estimate of drug-likeness (QED) is 0.294. The minimum atomic E-state index is -1.50. The Morgan fingerprint density at radius 1 is 1.57 bits per heavy atom. The predicted octanol–water partition coefficient (Wildman–Crippen LogP) is 0.466. The second-order valence-electron chi connectivity index (χ2n) is 0.238. The largest absolute Gasteiger partial charge is 0.344 e. The predicted molar refractivity (Wildman–Crippen MR) is 33.2 cm³/mol. The van der Waals surface area contributed by atoms with Gasteiger partial charge >= 0.3 is 0 Å². The highest BCUT2D eigenvalue weighted by atomic mass is 32.0. The first kappa shape index (κ1) is 15.7. The molecule has 0 spiro atoms. The number of rotatable bonds is 0. The fraction of sp³-hybridized carbons (Fsp3) is 0. The second kappa shape index (κ2) is 16.6. The van der Waals surface area contributed by atoms with Gasteiger partial charge in [-0.2, -0.15) is 0 Å². The lowest BCUT2D eigenvalue weighted by molar-refractivity contribution is -0.742. The molecule has 5 nitrogen and oxygen atoms in total. The number of hydrogen-bond acceptors (Lipinski definition) is 3. The summed E-state index contributed by atoms with van der Waals surface area (Å²) in [6.45, 7) is 0. The first-order chi connectivity index (χ1) is 2.73. The van der Waals surface area contributed by atoms with Crippen molar-refractivity contribution < 1.29 is 10.3 Å². The summed E-state index contributed by atoms with van der Waals surface area (Å²) in [5.74, 6) is 0. The van der Waals surface area contributed by atoms with Gasteiger partial charge in [0.1, 0.15) is 0 Å². The molecule has 2 unspecified atom stereocenters. The molecule has 0 aromatic rings. The molecule has 0 saturated heterocycles. The van der Waals surface area contributed by atoms with E-state index in [-0.39, 0.29) is 6.15 Å². The SMILES string of the molecule is N.O=[N+]([O-])O.PP. The van der Waals surface area contributed by atoms with E-state index in [0.717, 1.165) is 0 Å². The van der Waals surface area contributed by atoms with Crippen molar-refractivity contribution in [2.75, 3.05) is 0 Å². The van der Waals surface area contributed by atoms with Crippen LogP contribution < -0.4 is 6.15 Å². The summed E-state index contributed by atoms with van der Waals surface area (Å²) in [5, 5.41) is 13.6. The average molecular weight is 146 g/mol. The van der Waals surface area contributed by atoms with Gasteiger partial charge in [-0.25, -0.2) is 0 Å². The molecule has 0 aliphatic heterocycles. The number of nitrogens with zero attached hydrogens (tertiary/aromatic N) is 1. The number of hydrogen-bond donors (Lipinski definition) is 2. The maximum Gasteiger partial charge on any atom is 0.291 e. The molecule has 2 atom stereocenters. The molecule has 0 aliphatic rings. The maximum atomic E-state index is 8.36. The van der Waals surface area contributed by atoms with Gasteiger partial charge in [0.2, 0.25) is 0 Å². The minimum absolute atomic E-state index is 0. The Morgan fingerprint density at radius 3 is 1.57 bits per heavy atom.